The van der Waals surface area contributed by atoms with Crippen molar-refractivity contribution in [2.24, 2.45) is 0 Å². The lowest BCUT2D eigenvalue weighted by atomic mass is 10.0. The highest BCUT2D eigenvalue weighted by molar-refractivity contribution is 8.00. The topological polar surface area (TPSA) is 3.24 Å². The van der Waals surface area contributed by atoms with Gasteiger partial charge in [-0.15, -0.1) is 0 Å². The fraction of sp³-hybridized carbons (Fsp3) is 0. The van der Waals surface area contributed by atoms with Crippen LogP contribution in [0.25, 0.3) is 43.4 Å². The zero-order valence-electron chi connectivity index (χ0n) is 31.2. The van der Waals surface area contributed by atoms with Crippen molar-refractivity contribution in [1.29, 1.82) is 0 Å². The number of fused-ring (bicyclic) bond motifs is 5. The van der Waals surface area contributed by atoms with Crippen LogP contribution in [0, 0.1) is 0 Å². The summed E-state index contributed by atoms with van der Waals surface area (Å²) >= 11 is 1.91. The average molecular weight is 760 g/mol. The predicted octanol–water partition coefficient (Wildman–Crippen LogP) is 12.1. The molecule has 0 N–H and O–H groups in total. The summed E-state index contributed by atoms with van der Waals surface area (Å²) in [4.78, 5) is 5.10. The number of nitrogens with zero attached hydrogens (tertiary/aromatic N) is 1. The average Bonchev–Trinajstić information content (AvgIpc) is 3.28. The van der Waals surface area contributed by atoms with Crippen LogP contribution >= 0.6 is 11.8 Å². The Morgan fingerprint density at radius 1 is 0.298 bits per heavy atom. The summed E-state index contributed by atoms with van der Waals surface area (Å²) in [5.41, 5.74) is 5.82. The lowest BCUT2D eigenvalue weighted by Gasteiger charge is -2.40. The van der Waals surface area contributed by atoms with Crippen molar-refractivity contribution >= 4 is 90.0 Å². The van der Waals surface area contributed by atoms with Crippen molar-refractivity contribution in [1.82, 2.24) is 0 Å². The van der Waals surface area contributed by atoms with E-state index in [1.54, 1.807) is 0 Å². The van der Waals surface area contributed by atoms with E-state index in [0.29, 0.717) is 0 Å². The van der Waals surface area contributed by atoms with Gasteiger partial charge in [0.1, 0.15) is 0 Å². The molecule has 1 heterocycles. The second kappa shape index (κ2) is 13.8. The van der Waals surface area contributed by atoms with Crippen LogP contribution < -0.4 is 25.6 Å². The fourth-order valence-electron chi connectivity index (χ4n) is 9.02. The summed E-state index contributed by atoms with van der Waals surface area (Å²) in [5, 5.41) is 13.2. The molecule has 0 saturated heterocycles. The summed E-state index contributed by atoms with van der Waals surface area (Å²) < 4.78 is 0. The first-order chi connectivity index (χ1) is 28.2. The number of hydrogen-bond donors (Lipinski definition) is 0. The summed E-state index contributed by atoms with van der Waals surface area (Å²) in [7, 11) is -2.65. The summed E-state index contributed by atoms with van der Waals surface area (Å²) in [6.45, 7) is 0. The van der Waals surface area contributed by atoms with Crippen LogP contribution in [0.2, 0.25) is 0 Å². The molecular formula is C54H37NSSi. The highest BCUT2D eigenvalue weighted by Crippen LogP contribution is 2.40. The van der Waals surface area contributed by atoms with Crippen LogP contribution in [0.5, 0.6) is 0 Å². The maximum absolute atomic E-state index is 2.65. The van der Waals surface area contributed by atoms with Gasteiger partial charge in [-0.2, -0.15) is 0 Å². The molecule has 0 saturated carbocycles. The zero-order chi connectivity index (χ0) is 37.8. The SMILES string of the molecule is c1ccc([Si]2(c3ccccc3)c3ccccc3Sc3ccc(-c4ccc(N(c5ccc6ccccc6c5)c5ccc6cc7ccccc7cc6c5)cc4)cc32)cc1. The van der Waals surface area contributed by atoms with Crippen LogP contribution in [0.4, 0.5) is 17.1 Å². The van der Waals surface area contributed by atoms with Crippen molar-refractivity contribution < 1.29 is 0 Å². The maximum atomic E-state index is 2.51. The molecule has 0 unspecified atom stereocenters. The largest absolute Gasteiger partial charge is 0.310 e. The number of rotatable bonds is 6. The van der Waals surface area contributed by atoms with Gasteiger partial charge in [-0.05, 0) is 125 Å². The highest BCUT2D eigenvalue weighted by atomic mass is 32.2. The quantitative estimate of drug-likeness (QED) is 0.123. The van der Waals surface area contributed by atoms with Crippen LogP contribution in [0.3, 0.4) is 0 Å². The van der Waals surface area contributed by atoms with Gasteiger partial charge in [-0.1, -0.05) is 176 Å². The van der Waals surface area contributed by atoms with Gasteiger partial charge in [0.05, 0.1) is 0 Å². The van der Waals surface area contributed by atoms with Gasteiger partial charge < -0.3 is 4.90 Å². The monoisotopic (exact) mass is 759 g/mol. The molecule has 268 valence electrons. The molecule has 0 amide bonds. The predicted molar refractivity (Wildman–Crippen MR) is 247 cm³/mol. The van der Waals surface area contributed by atoms with Crippen LogP contribution in [-0.4, -0.2) is 8.07 Å². The molecule has 1 nitrogen and oxygen atoms in total. The molecule has 0 aromatic heterocycles. The molecule has 10 aromatic rings. The summed E-state index contributed by atoms with van der Waals surface area (Å²) in [6.07, 6.45) is 0. The van der Waals surface area contributed by atoms with E-state index in [2.05, 4.69) is 229 Å². The van der Waals surface area contributed by atoms with E-state index in [9.17, 15) is 0 Å². The molecule has 0 aliphatic carbocycles. The minimum atomic E-state index is -2.65. The van der Waals surface area contributed by atoms with Gasteiger partial charge in [-0.25, -0.2) is 0 Å². The zero-order valence-corrected chi connectivity index (χ0v) is 33.0. The minimum absolute atomic E-state index is 1.12. The smallest absolute Gasteiger partial charge is 0.181 e. The van der Waals surface area contributed by atoms with Crippen LogP contribution in [-0.2, 0) is 0 Å². The van der Waals surface area contributed by atoms with Crippen molar-refractivity contribution in [3.05, 3.63) is 224 Å². The Morgan fingerprint density at radius 3 is 1.46 bits per heavy atom. The highest BCUT2D eigenvalue weighted by Gasteiger charge is 2.46. The first kappa shape index (κ1) is 33.7. The third-order valence-electron chi connectivity index (χ3n) is 11.7. The van der Waals surface area contributed by atoms with E-state index in [1.807, 2.05) is 11.8 Å². The lowest BCUT2D eigenvalue weighted by molar-refractivity contribution is 1.29. The molecule has 1 aliphatic heterocycles. The Morgan fingerprint density at radius 2 is 0.772 bits per heavy atom. The third-order valence-corrected chi connectivity index (χ3v) is 18.1. The Bertz CT molecular complexity index is 3060. The molecule has 0 bridgehead atoms. The van der Waals surface area contributed by atoms with Crippen LogP contribution in [0.15, 0.2) is 234 Å². The van der Waals surface area contributed by atoms with Gasteiger partial charge in [0.25, 0.3) is 0 Å². The summed E-state index contributed by atoms with van der Waals surface area (Å²) in [6, 6.07) is 83.5. The molecule has 0 spiro atoms. The van der Waals surface area contributed by atoms with Gasteiger partial charge in [0.15, 0.2) is 8.07 Å². The first-order valence-corrected chi connectivity index (χ1v) is 22.4. The first-order valence-electron chi connectivity index (χ1n) is 19.6. The van der Waals surface area contributed by atoms with E-state index in [4.69, 9.17) is 0 Å². The van der Waals surface area contributed by atoms with E-state index in [-0.39, 0.29) is 0 Å². The van der Waals surface area contributed by atoms with E-state index >= 15 is 0 Å². The van der Waals surface area contributed by atoms with Gasteiger partial charge in [-0.3, -0.25) is 0 Å². The van der Waals surface area contributed by atoms with Crippen molar-refractivity contribution in [2.75, 3.05) is 4.90 Å². The van der Waals surface area contributed by atoms with Gasteiger partial charge in [0, 0.05) is 26.9 Å². The molecule has 3 heteroatoms. The third kappa shape index (κ3) is 5.70. The molecule has 1 aliphatic rings. The Kier molecular flexibility index (Phi) is 8.16. The van der Waals surface area contributed by atoms with Crippen LogP contribution in [0.1, 0.15) is 0 Å². The normalized spacial score (nSPS) is 13.0. The fourth-order valence-corrected chi connectivity index (χ4v) is 16.0. The molecule has 0 atom stereocenters. The lowest BCUT2D eigenvalue weighted by Crippen LogP contribution is -2.76. The second-order valence-electron chi connectivity index (χ2n) is 14.9. The standard InChI is InChI=1S/C54H37NSSi/c1-3-17-49(18-4-1)57(50-19-5-2-6-20-50)53-22-12-11-21-51(53)56-52-32-27-44(37-54(52)57)39-23-28-46(29-24-39)55(47-30-25-38-13-7-8-16-42(38)35-47)48-31-26-43-33-40-14-9-10-15-41(40)34-45(43)36-48/h1-37H. The molecule has 0 fully saturated rings. The van der Waals surface area contributed by atoms with Crippen molar-refractivity contribution in [2.45, 2.75) is 9.79 Å². The Balaban J connectivity index is 1.05. The Labute approximate surface area is 338 Å². The van der Waals surface area contributed by atoms with E-state index < -0.39 is 8.07 Å². The number of benzene rings is 10. The minimum Gasteiger partial charge on any atom is -0.310 e. The van der Waals surface area contributed by atoms with E-state index in [0.717, 1.165) is 17.1 Å². The number of hydrogen-bond acceptors (Lipinski definition) is 2. The van der Waals surface area contributed by atoms with Gasteiger partial charge in [0.2, 0.25) is 0 Å². The second-order valence-corrected chi connectivity index (χ2v) is 19.8. The number of anilines is 3. The maximum Gasteiger partial charge on any atom is 0.181 e. The molecule has 0 radical (unpaired) electrons. The van der Waals surface area contributed by atoms with Crippen molar-refractivity contribution in [3.8, 4) is 11.1 Å². The Hall–Kier alpha value is -6.65. The van der Waals surface area contributed by atoms with Gasteiger partial charge >= 0.3 is 0 Å². The molecule has 57 heavy (non-hydrogen) atoms. The molecule has 10 aromatic carbocycles. The van der Waals surface area contributed by atoms with E-state index in [1.165, 1.54) is 74.0 Å². The molecule has 11 rings (SSSR count). The van der Waals surface area contributed by atoms with Crippen molar-refractivity contribution in [3.63, 3.8) is 0 Å². The summed E-state index contributed by atoms with van der Waals surface area (Å²) in [5.74, 6) is 0. The molecular weight excluding hydrogens is 723 g/mol.